The molecule has 1 aliphatic rings. The highest BCUT2D eigenvalue weighted by atomic mass is 35.5. The molecule has 0 aromatic carbocycles. The predicted octanol–water partition coefficient (Wildman–Crippen LogP) is 1.98. The maximum atomic E-state index is 12.1. The monoisotopic (exact) mass is 337 g/mol. The number of thioether (sulfide) groups is 1. The zero-order valence-electron chi connectivity index (χ0n) is 11.4. The fraction of sp³-hybridized carbons (Fsp3) is 0.538. The highest BCUT2D eigenvalue weighted by Gasteiger charge is 2.18. The van der Waals surface area contributed by atoms with Crippen LogP contribution in [0, 0.1) is 0 Å². The summed E-state index contributed by atoms with van der Waals surface area (Å²) in [5.41, 5.74) is 1.12. The highest BCUT2D eigenvalue weighted by molar-refractivity contribution is 7.99. The van der Waals surface area contributed by atoms with Gasteiger partial charge in [0, 0.05) is 56.5 Å². The van der Waals surface area contributed by atoms with E-state index in [1.165, 1.54) is 0 Å². The summed E-state index contributed by atoms with van der Waals surface area (Å²) < 4.78 is 0. The summed E-state index contributed by atoms with van der Waals surface area (Å²) in [4.78, 5) is 17.8. The van der Waals surface area contributed by atoms with Gasteiger partial charge in [-0.05, 0) is 17.7 Å². The van der Waals surface area contributed by atoms with Crippen LogP contribution in [0.5, 0.6) is 0 Å². The second-order valence-corrected chi connectivity index (χ2v) is 5.69. The molecule has 2 rings (SSSR count). The average Bonchev–Trinajstić information content (AvgIpc) is 2.41. The van der Waals surface area contributed by atoms with E-state index in [1.807, 2.05) is 30.9 Å². The van der Waals surface area contributed by atoms with Crippen molar-refractivity contribution in [3.8, 4) is 0 Å². The number of hydrogen-bond donors (Lipinski definition) is 1. The van der Waals surface area contributed by atoms with Crippen LogP contribution < -0.4 is 5.32 Å². The van der Waals surface area contributed by atoms with Gasteiger partial charge in [0.1, 0.15) is 0 Å². The van der Waals surface area contributed by atoms with Gasteiger partial charge < -0.3 is 10.2 Å². The molecule has 1 aromatic rings. The van der Waals surface area contributed by atoms with E-state index in [0.717, 1.165) is 23.6 Å². The van der Waals surface area contributed by atoms with Crippen LogP contribution >= 0.6 is 36.6 Å². The van der Waals surface area contributed by atoms with Crippen LogP contribution in [0.3, 0.4) is 0 Å². The van der Waals surface area contributed by atoms with Gasteiger partial charge in [-0.25, -0.2) is 0 Å². The van der Waals surface area contributed by atoms with Crippen molar-refractivity contribution in [2.24, 2.45) is 0 Å². The smallest absolute Gasteiger partial charge is 0.224 e. The summed E-state index contributed by atoms with van der Waals surface area (Å²) in [6.07, 6.45) is 4.11. The summed E-state index contributed by atoms with van der Waals surface area (Å²) in [7, 11) is 1.86. The van der Waals surface area contributed by atoms with Crippen molar-refractivity contribution in [2.75, 3.05) is 25.1 Å². The number of halogens is 2. The number of pyridine rings is 1. The molecule has 0 aliphatic carbocycles. The fourth-order valence-electron chi connectivity index (χ4n) is 1.97. The Labute approximate surface area is 136 Å². The molecule has 0 spiro atoms. The van der Waals surface area contributed by atoms with Gasteiger partial charge in [0.2, 0.25) is 5.91 Å². The molecule has 114 valence electrons. The van der Waals surface area contributed by atoms with Gasteiger partial charge in [-0.15, -0.1) is 24.8 Å². The summed E-state index contributed by atoms with van der Waals surface area (Å²) in [5.74, 6) is 2.39. The van der Waals surface area contributed by atoms with Crippen LogP contribution in [-0.2, 0) is 11.3 Å². The molecule has 0 saturated carbocycles. The number of amides is 1. The number of nitrogens with zero attached hydrogens (tertiary/aromatic N) is 2. The minimum absolute atomic E-state index is 0. The van der Waals surface area contributed by atoms with E-state index in [9.17, 15) is 4.79 Å². The van der Waals surface area contributed by atoms with Crippen molar-refractivity contribution in [3.05, 3.63) is 30.1 Å². The zero-order valence-corrected chi connectivity index (χ0v) is 13.9. The lowest BCUT2D eigenvalue weighted by atomic mass is 10.2. The summed E-state index contributed by atoms with van der Waals surface area (Å²) in [6.45, 7) is 1.66. The Morgan fingerprint density at radius 1 is 1.45 bits per heavy atom. The molecule has 1 N–H and O–H groups in total. The maximum absolute atomic E-state index is 12.1. The number of carbonyl (C=O) groups is 1. The van der Waals surface area contributed by atoms with Crippen LogP contribution in [0.25, 0.3) is 0 Å². The molecule has 1 aromatic heterocycles. The zero-order chi connectivity index (χ0) is 12.8. The van der Waals surface area contributed by atoms with E-state index in [2.05, 4.69) is 10.3 Å². The van der Waals surface area contributed by atoms with Gasteiger partial charge in [-0.1, -0.05) is 0 Å². The second kappa shape index (κ2) is 10.3. The number of carbonyl (C=O) groups excluding carboxylic acids is 1. The molecule has 2 heterocycles. The first kappa shape index (κ1) is 19.5. The van der Waals surface area contributed by atoms with Crippen molar-refractivity contribution in [3.63, 3.8) is 0 Å². The highest BCUT2D eigenvalue weighted by Crippen LogP contribution is 2.12. The molecule has 1 fully saturated rings. The summed E-state index contributed by atoms with van der Waals surface area (Å²) in [6, 6.07) is 4.22. The lowest BCUT2D eigenvalue weighted by molar-refractivity contribution is -0.130. The van der Waals surface area contributed by atoms with Crippen molar-refractivity contribution in [2.45, 2.75) is 19.0 Å². The van der Waals surface area contributed by atoms with E-state index in [4.69, 9.17) is 0 Å². The lowest BCUT2D eigenvalue weighted by Crippen LogP contribution is -2.41. The third-order valence-corrected chi connectivity index (χ3v) is 4.15. The van der Waals surface area contributed by atoms with E-state index < -0.39 is 0 Å². The molecule has 0 bridgehead atoms. The minimum atomic E-state index is 0. The first-order valence-corrected chi connectivity index (χ1v) is 7.35. The topological polar surface area (TPSA) is 45.2 Å². The van der Waals surface area contributed by atoms with Crippen LogP contribution in [-0.4, -0.2) is 46.9 Å². The third kappa shape index (κ3) is 6.31. The van der Waals surface area contributed by atoms with E-state index >= 15 is 0 Å². The molecular weight excluding hydrogens is 317 g/mol. The molecule has 1 aliphatic heterocycles. The first-order chi connectivity index (χ1) is 8.75. The van der Waals surface area contributed by atoms with Gasteiger partial charge in [-0.2, -0.15) is 11.8 Å². The van der Waals surface area contributed by atoms with Gasteiger partial charge in [0.05, 0.1) is 0 Å². The fourth-order valence-corrected chi connectivity index (χ4v) is 2.92. The van der Waals surface area contributed by atoms with Gasteiger partial charge in [-0.3, -0.25) is 9.78 Å². The summed E-state index contributed by atoms with van der Waals surface area (Å²) >= 11 is 1.92. The van der Waals surface area contributed by atoms with Crippen molar-refractivity contribution < 1.29 is 4.79 Å². The molecule has 1 saturated heterocycles. The summed E-state index contributed by atoms with van der Waals surface area (Å²) in [5, 5.41) is 3.39. The molecule has 7 heteroatoms. The van der Waals surface area contributed by atoms with E-state index in [0.29, 0.717) is 19.0 Å². The normalized spacial score (nSPS) is 17.6. The van der Waals surface area contributed by atoms with E-state index in [-0.39, 0.29) is 30.7 Å². The van der Waals surface area contributed by atoms with Gasteiger partial charge >= 0.3 is 0 Å². The van der Waals surface area contributed by atoms with Crippen molar-refractivity contribution in [1.82, 2.24) is 15.2 Å². The number of hydrogen-bond acceptors (Lipinski definition) is 4. The van der Waals surface area contributed by atoms with Crippen LogP contribution in [0.1, 0.15) is 12.0 Å². The number of aromatic nitrogens is 1. The quantitative estimate of drug-likeness (QED) is 0.912. The Balaban J connectivity index is 0.00000180. The molecule has 20 heavy (non-hydrogen) atoms. The Morgan fingerprint density at radius 2 is 2.15 bits per heavy atom. The second-order valence-electron chi connectivity index (χ2n) is 4.54. The van der Waals surface area contributed by atoms with Crippen LogP contribution in [0.4, 0.5) is 0 Å². The maximum Gasteiger partial charge on any atom is 0.224 e. The first-order valence-electron chi connectivity index (χ1n) is 6.19. The number of nitrogens with one attached hydrogen (secondary N) is 1. The number of rotatable bonds is 4. The largest absolute Gasteiger partial charge is 0.341 e. The average molecular weight is 338 g/mol. The lowest BCUT2D eigenvalue weighted by Gasteiger charge is -2.25. The molecule has 4 nitrogen and oxygen atoms in total. The van der Waals surface area contributed by atoms with Crippen LogP contribution in [0.2, 0.25) is 0 Å². The Bertz CT molecular complexity index is 388. The molecule has 1 atom stereocenters. The van der Waals surface area contributed by atoms with Gasteiger partial charge in [0.15, 0.2) is 0 Å². The third-order valence-electron chi connectivity index (χ3n) is 3.01. The molecular formula is C13H21Cl2N3OS. The molecule has 1 unspecified atom stereocenters. The van der Waals surface area contributed by atoms with Crippen molar-refractivity contribution in [1.29, 1.82) is 0 Å². The van der Waals surface area contributed by atoms with Gasteiger partial charge in [0.25, 0.3) is 0 Å². The van der Waals surface area contributed by atoms with Crippen molar-refractivity contribution >= 4 is 42.5 Å². The Kier molecular flexibility index (Phi) is 10.0. The molecule has 1 amide bonds. The minimum Gasteiger partial charge on any atom is -0.341 e. The SMILES string of the molecule is CN(Cc1ccncc1)C(=O)CC1CSCCN1.Cl.Cl. The Morgan fingerprint density at radius 3 is 2.75 bits per heavy atom. The molecule has 0 radical (unpaired) electrons. The van der Waals surface area contributed by atoms with E-state index in [1.54, 1.807) is 17.3 Å². The van der Waals surface area contributed by atoms with Crippen LogP contribution in [0.15, 0.2) is 24.5 Å². The Hall–Kier alpha value is -0.490. The standard InChI is InChI=1S/C13H19N3OS.2ClH/c1-16(9-11-2-4-14-5-3-11)13(17)8-12-10-18-7-6-15-12;;/h2-5,12,15H,6-10H2,1H3;2*1H. The predicted molar refractivity (Wildman–Crippen MR) is 88.9 cm³/mol.